The third-order valence-corrected chi connectivity index (χ3v) is 6.94. The summed E-state index contributed by atoms with van der Waals surface area (Å²) in [5, 5.41) is 70.6. The molecule has 2 aliphatic rings. The fourth-order valence-electron chi connectivity index (χ4n) is 4.63. The van der Waals surface area contributed by atoms with E-state index in [1.54, 1.807) is 12.1 Å². The number of benzene rings is 2. The molecule has 3 heterocycles. The average molecular weight is 579 g/mol. The SMILES string of the molecule is COc1cc(O[C@@H]2O[C@H](CO[C@@H]3OC[C@@H](O)[C@H](O)[C@H]3O)[C@@H](O)[C@H](O)[C@H]2O)cc2oc(-c3ccc(O)cc3)cc(=O)c12. The van der Waals surface area contributed by atoms with E-state index in [1.807, 2.05) is 0 Å². The molecule has 5 rings (SSSR count). The highest BCUT2D eigenvalue weighted by Crippen LogP contribution is 2.34. The molecular weight excluding hydrogens is 548 g/mol. The van der Waals surface area contributed by atoms with Gasteiger partial charge in [0.1, 0.15) is 76.7 Å². The maximum absolute atomic E-state index is 12.9. The Morgan fingerprint density at radius 3 is 2.29 bits per heavy atom. The third kappa shape index (κ3) is 5.88. The van der Waals surface area contributed by atoms with E-state index in [0.29, 0.717) is 5.56 Å². The smallest absolute Gasteiger partial charge is 0.229 e. The van der Waals surface area contributed by atoms with Crippen molar-refractivity contribution in [2.75, 3.05) is 20.3 Å². The summed E-state index contributed by atoms with van der Waals surface area (Å²) in [6, 6.07) is 10.0. The predicted octanol–water partition coefficient (Wildman–Crippen LogP) is -1.18. The third-order valence-electron chi connectivity index (χ3n) is 6.94. The first kappa shape index (κ1) is 29.2. The second-order valence-corrected chi connectivity index (χ2v) is 9.74. The zero-order valence-electron chi connectivity index (χ0n) is 21.6. The van der Waals surface area contributed by atoms with E-state index in [0.717, 1.165) is 0 Å². The number of rotatable bonds is 7. The Hall–Kier alpha value is -3.31. The number of aliphatic hydroxyl groups is 6. The Morgan fingerprint density at radius 1 is 0.878 bits per heavy atom. The molecule has 14 nitrogen and oxygen atoms in total. The minimum atomic E-state index is -1.73. The quantitative estimate of drug-likeness (QED) is 0.176. The summed E-state index contributed by atoms with van der Waals surface area (Å²) >= 11 is 0. The molecule has 7 N–H and O–H groups in total. The van der Waals surface area contributed by atoms with E-state index in [2.05, 4.69) is 0 Å². The average Bonchev–Trinajstić information content (AvgIpc) is 2.96. The van der Waals surface area contributed by atoms with Crippen LogP contribution in [0.3, 0.4) is 0 Å². The number of hydrogen-bond acceptors (Lipinski definition) is 14. The molecule has 9 atom stereocenters. The topological polar surface area (TPSA) is 218 Å². The van der Waals surface area contributed by atoms with Crippen molar-refractivity contribution in [1.29, 1.82) is 0 Å². The Kier molecular flexibility index (Phi) is 8.47. The number of aromatic hydroxyl groups is 1. The van der Waals surface area contributed by atoms with Crippen LogP contribution in [0.15, 0.2) is 51.7 Å². The van der Waals surface area contributed by atoms with Crippen molar-refractivity contribution in [3.8, 4) is 28.6 Å². The molecule has 2 aromatic carbocycles. The van der Waals surface area contributed by atoms with Crippen molar-refractivity contribution in [2.45, 2.75) is 55.3 Å². The number of methoxy groups -OCH3 is 1. The van der Waals surface area contributed by atoms with Crippen LogP contribution < -0.4 is 14.9 Å². The maximum Gasteiger partial charge on any atom is 0.229 e. The first-order valence-electron chi connectivity index (χ1n) is 12.7. The van der Waals surface area contributed by atoms with Crippen molar-refractivity contribution in [3.63, 3.8) is 0 Å². The predicted molar refractivity (Wildman–Crippen MR) is 137 cm³/mol. The molecule has 0 saturated carbocycles. The van der Waals surface area contributed by atoms with Crippen molar-refractivity contribution in [3.05, 3.63) is 52.7 Å². The second-order valence-electron chi connectivity index (χ2n) is 9.74. The van der Waals surface area contributed by atoms with Crippen molar-refractivity contribution in [1.82, 2.24) is 0 Å². The summed E-state index contributed by atoms with van der Waals surface area (Å²) < 4.78 is 33.3. The normalized spacial score (nSPS) is 32.1. The Morgan fingerprint density at radius 2 is 1.59 bits per heavy atom. The zero-order valence-corrected chi connectivity index (χ0v) is 21.6. The minimum absolute atomic E-state index is 0.0239. The van der Waals surface area contributed by atoms with Gasteiger partial charge >= 0.3 is 0 Å². The summed E-state index contributed by atoms with van der Waals surface area (Å²) in [4.78, 5) is 12.9. The lowest BCUT2D eigenvalue weighted by atomic mass is 9.99. The first-order valence-corrected chi connectivity index (χ1v) is 12.7. The van der Waals surface area contributed by atoms with E-state index in [9.17, 15) is 40.5 Å². The van der Waals surface area contributed by atoms with E-state index < -0.39 is 67.3 Å². The summed E-state index contributed by atoms with van der Waals surface area (Å²) in [6.45, 7) is -0.764. The van der Waals surface area contributed by atoms with Crippen LogP contribution >= 0.6 is 0 Å². The van der Waals surface area contributed by atoms with Gasteiger partial charge in [-0.25, -0.2) is 0 Å². The molecule has 2 saturated heterocycles. The van der Waals surface area contributed by atoms with Gasteiger partial charge in [-0.1, -0.05) is 0 Å². The monoisotopic (exact) mass is 578 g/mol. The molecule has 3 aromatic rings. The molecular formula is C27H30O14. The molecule has 2 aliphatic heterocycles. The van der Waals surface area contributed by atoms with Crippen LogP contribution in [0.4, 0.5) is 0 Å². The molecule has 1 aromatic heterocycles. The second kappa shape index (κ2) is 11.9. The van der Waals surface area contributed by atoms with Crippen LogP contribution in [0.2, 0.25) is 0 Å². The number of hydrogen-bond donors (Lipinski definition) is 7. The standard InChI is InChI=1S/C27H30O14/c1-36-17-6-13(7-18-20(17)14(29)8-16(40-18)11-2-4-12(28)5-3-11)39-27-25(35)23(33)22(32)19(41-27)10-38-26-24(34)21(31)15(30)9-37-26/h2-8,15,19,21-28,30-35H,9-10H2,1H3/t15-,19-,21+,22-,23+,24-,25-,26+,27-/m1/s1. The summed E-state index contributed by atoms with van der Waals surface area (Å²) in [6.07, 6.45) is -13.7. The fraction of sp³-hybridized carbons (Fsp3) is 0.444. The van der Waals surface area contributed by atoms with E-state index in [4.69, 9.17) is 28.1 Å². The lowest BCUT2D eigenvalue weighted by Gasteiger charge is -2.41. The van der Waals surface area contributed by atoms with Gasteiger partial charge in [-0.15, -0.1) is 0 Å². The van der Waals surface area contributed by atoms with Crippen LogP contribution in [-0.4, -0.2) is 111 Å². The molecule has 14 heteroatoms. The Balaban J connectivity index is 1.37. The molecule has 41 heavy (non-hydrogen) atoms. The highest BCUT2D eigenvalue weighted by atomic mass is 16.7. The molecule has 0 aliphatic carbocycles. The van der Waals surface area contributed by atoms with Gasteiger partial charge in [0.15, 0.2) is 11.7 Å². The van der Waals surface area contributed by atoms with Gasteiger partial charge in [0.25, 0.3) is 0 Å². The number of ether oxygens (including phenoxy) is 5. The van der Waals surface area contributed by atoms with Crippen LogP contribution in [0.1, 0.15) is 0 Å². The van der Waals surface area contributed by atoms with Gasteiger partial charge in [0.2, 0.25) is 6.29 Å². The van der Waals surface area contributed by atoms with Crippen molar-refractivity contribution < 1.29 is 63.8 Å². The number of phenols is 1. The van der Waals surface area contributed by atoms with Crippen molar-refractivity contribution >= 4 is 11.0 Å². The van der Waals surface area contributed by atoms with Crippen LogP contribution in [0, 0.1) is 0 Å². The highest BCUT2D eigenvalue weighted by molar-refractivity contribution is 5.86. The first-order chi connectivity index (χ1) is 19.6. The van der Waals surface area contributed by atoms with E-state index in [-0.39, 0.29) is 40.6 Å². The lowest BCUT2D eigenvalue weighted by molar-refractivity contribution is -0.307. The molecule has 0 amide bonds. The van der Waals surface area contributed by atoms with Crippen LogP contribution in [-0.2, 0) is 14.2 Å². The largest absolute Gasteiger partial charge is 0.508 e. The summed E-state index contributed by atoms with van der Waals surface area (Å²) in [7, 11) is 1.34. The molecule has 0 spiro atoms. The van der Waals surface area contributed by atoms with E-state index in [1.165, 1.54) is 37.4 Å². The highest BCUT2D eigenvalue weighted by Gasteiger charge is 2.46. The van der Waals surface area contributed by atoms with Crippen molar-refractivity contribution in [2.24, 2.45) is 0 Å². The minimum Gasteiger partial charge on any atom is -0.508 e. The number of phenolic OH excluding ortho intramolecular Hbond substituents is 1. The van der Waals surface area contributed by atoms with E-state index >= 15 is 0 Å². The van der Waals surface area contributed by atoms with Gasteiger partial charge in [-0.05, 0) is 24.3 Å². The van der Waals surface area contributed by atoms with Crippen LogP contribution in [0.5, 0.6) is 17.2 Å². The molecule has 0 radical (unpaired) electrons. The van der Waals surface area contributed by atoms with Gasteiger partial charge in [-0.2, -0.15) is 0 Å². The Bertz CT molecular complexity index is 1410. The zero-order chi connectivity index (χ0) is 29.4. The van der Waals surface area contributed by atoms with Gasteiger partial charge in [-0.3, -0.25) is 4.79 Å². The lowest BCUT2D eigenvalue weighted by Crippen LogP contribution is -2.61. The summed E-state index contributed by atoms with van der Waals surface area (Å²) in [5.74, 6) is 0.362. The molecule has 0 bridgehead atoms. The van der Waals surface area contributed by atoms with Crippen LogP contribution in [0.25, 0.3) is 22.3 Å². The van der Waals surface area contributed by atoms with Gasteiger partial charge in [0, 0.05) is 23.8 Å². The maximum atomic E-state index is 12.9. The molecule has 0 unspecified atom stereocenters. The molecule has 2 fully saturated rings. The fourth-order valence-corrected chi connectivity index (χ4v) is 4.63. The number of aliphatic hydroxyl groups excluding tert-OH is 6. The number of fused-ring (bicyclic) bond motifs is 1. The molecule has 222 valence electrons. The van der Waals surface area contributed by atoms with Gasteiger partial charge < -0.3 is 63.8 Å². The summed E-state index contributed by atoms with van der Waals surface area (Å²) in [5.41, 5.74) is 0.184. The Labute approximate surface area is 232 Å². The van der Waals surface area contributed by atoms with Gasteiger partial charge in [0.05, 0.1) is 20.3 Å².